The van der Waals surface area contributed by atoms with Crippen LogP contribution in [0.1, 0.15) is 5.56 Å². The summed E-state index contributed by atoms with van der Waals surface area (Å²) in [4.78, 5) is 12.4. The first-order chi connectivity index (χ1) is 11.9. The van der Waals surface area contributed by atoms with Gasteiger partial charge in [-0.1, -0.05) is 45.2 Å². The van der Waals surface area contributed by atoms with Crippen molar-refractivity contribution >= 4 is 39.1 Å². The van der Waals surface area contributed by atoms with Gasteiger partial charge in [-0.05, 0) is 12.1 Å². The van der Waals surface area contributed by atoms with Gasteiger partial charge < -0.3 is 19.2 Å². The van der Waals surface area contributed by atoms with Gasteiger partial charge in [0.15, 0.2) is 0 Å². The highest BCUT2D eigenvalue weighted by Crippen LogP contribution is 2.40. The second-order valence-corrected chi connectivity index (χ2v) is 6.55. The number of alkyl halides is 1. The third kappa shape index (κ3) is 5.29. The molecule has 2 aromatic rings. The van der Waals surface area contributed by atoms with Gasteiger partial charge in [-0.15, -0.1) is 10.1 Å². The van der Waals surface area contributed by atoms with E-state index in [-0.39, 0.29) is 6.10 Å². The minimum Gasteiger partial charge on any atom is -0.342 e. The van der Waals surface area contributed by atoms with Crippen LogP contribution in [0.25, 0.3) is 0 Å². The molecule has 0 saturated carbocycles. The van der Waals surface area contributed by atoms with Crippen molar-refractivity contribution in [3.05, 3.63) is 62.6 Å². The van der Waals surface area contributed by atoms with Gasteiger partial charge in [-0.25, -0.2) is 4.98 Å². The van der Waals surface area contributed by atoms with E-state index < -0.39 is 10.9 Å². The molecule has 0 spiro atoms. The van der Waals surface area contributed by atoms with E-state index >= 15 is 0 Å². The first-order valence-corrected chi connectivity index (χ1v) is 8.86. The zero-order valence-electron chi connectivity index (χ0n) is 12.7. The fraction of sp³-hybridized carbons (Fsp3) is 0.357. The molecule has 1 fully saturated rings. The molecule has 11 heteroatoms. The fourth-order valence-electron chi connectivity index (χ4n) is 2.37. The van der Waals surface area contributed by atoms with Crippen molar-refractivity contribution in [2.24, 2.45) is 0 Å². The number of benzene rings is 1. The summed E-state index contributed by atoms with van der Waals surface area (Å²) in [7, 11) is 0. The van der Waals surface area contributed by atoms with Crippen LogP contribution >= 0.6 is 39.1 Å². The third-order valence-corrected chi connectivity index (χ3v) is 4.59. The molecule has 1 aliphatic rings. The van der Waals surface area contributed by atoms with Crippen molar-refractivity contribution in [1.29, 1.82) is 0 Å². The summed E-state index contributed by atoms with van der Waals surface area (Å²) in [6, 6.07) is 5.33. The Kier molecular flexibility index (Phi) is 7.03. The van der Waals surface area contributed by atoms with Crippen LogP contribution in [0.4, 0.5) is 0 Å². The monoisotopic (exact) mass is 453 g/mol. The van der Waals surface area contributed by atoms with Crippen LogP contribution in [-0.4, -0.2) is 37.9 Å². The summed E-state index contributed by atoms with van der Waals surface area (Å²) in [5.41, 5.74) is 0.769. The highest BCUT2D eigenvalue weighted by Gasteiger charge is 2.44. The quantitative estimate of drug-likeness (QED) is 0.431. The van der Waals surface area contributed by atoms with Crippen molar-refractivity contribution < 1.29 is 19.8 Å². The predicted octanol–water partition coefficient (Wildman–Crippen LogP) is 3.51. The second-order valence-electron chi connectivity index (χ2n) is 5.06. The SMILES string of the molecule is Clc1ccc(C2(Cn3ccnc3)OCC(CBr)O2)c(Cl)c1.O=[N+]([O-])O. The van der Waals surface area contributed by atoms with E-state index in [9.17, 15) is 0 Å². The van der Waals surface area contributed by atoms with Crippen LogP contribution in [0, 0.1) is 10.1 Å². The van der Waals surface area contributed by atoms with Gasteiger partial charge in [0.25, 0.3) is 5.09 Å². The summed E-state index contributed by atoms with van der Waals surface area (Å²) in [6.07, 6.45) is 5.27. The standard InChI is InChI=1S/C14H13BrCl2N2O2.HNO3/c15-6-11-7-20-14(21-11,8-19-4-3-18-9-19)12-2-1-10(16)5-13(12)17;2-1(3)4/h1-5,9,11H,6-8H2;(H,2,3,4). The van der Waals surface area contributed by atoms with E-state index in [1.165, 1.54) is 0 Å². The van der Waals surface area contributed by atoms with Crippen molar-refractivity contribution in [3.8, 4) is 0 Å². The summed E-state index contributed by atoms with van der Waals surface area (Å²) in [5, 5.41) is 15.4. The van der Waals surface area contributed by atoms with Gasteiger partial charge in [-0.2, -0.15) is 0 Å². The molecular formula is C14H14BrCl2N3O5. The number of aromatic nitrogens is 2. The zero-order chi connectivity index (χ0) is 18.4. The van der Waals surface area contributed by atoms with Gasteiger partial charge in [0.1, 0.15) is 0 Å². The Balaban J connectivity index is 0.000000511. The number of nitrogens with zero attached hydrogens (tertiary/aromatic N) is 3. The molecule has 1 aromatic heterocycles. The second kappa shape index (κ2) is 8.81. The lowest BCUT2D eigenvalue weighted by molar-refractivity contribution is -0.742. The van der Waals surface area contributed by atoms with Gasteiger partial charge in [0.2, 0.25) is 5.79 Å². The van der Waals surface area contributed by atoms with E-state index in [4.69, 9.17) is 48.0 Å². The maximum atomic E-state index is 8.36. The van der Waals surface area contributed by atoms with Crippen LogP contribution in [0.5, 0.6) is 0 Å². The van der Waals surface area contributed by atoms with Gasteiger partial charge >= 0.3 is 0 Å². The molecule has 2 heterocycles. The molecule has 2 unspecified atom stereocenters. The summed E-state index contributed by atoms with van der Waals surface area (Å²) >= 11 is 15.8. The highest BCUT2D eigenvalue weighted by atomic mass is 79.9. The molecule has 0 radical (unpaired) electrons. The van der Waals surface area contributed by atoms with E-state index in [1.807, 2.05) is 16.8 Å². The third-order valence-electron chi connectivity index (χ3n) is 3.32. The average molecular weight is 455 g/mol. The molecule has 3 rings (SSSR count). The maximum Gasteiger partial charge on any atom is 0.291 e. The summed E-state index contributed by atoms with van der Waals surface area (Å²) < 4.78 is 14.0. The molecule has 0 bridgehead atoms. The van der Waals surface area contributed by atoms with Gasteiger partial charge in [0.05, 0.1) is 30.6 Å². The number of rotatable bonds is 4. The molecule has 8 nitrogen and oxygen atoms in total. The summed E-state index contributed by atoms with van der Waals surface area (Å²) in [5.74, 6) is -0.930. The average Bonchev–Trinajstić information content (AvgIpc) is 3.17. The fourth-order valence-corrected chi connectivity index (χ4v) is 3.24. The smallest absolute Gasteiger partial charge is 0.291 e. The Morgan fingerprint density at radius 2 is 2.24 bits per heavy atom. The number of hydrogen-bond donors (Lipinski definition) is 1. The minimum absolute atomic E-state index is 0.0275. The van der Waals surface area contributed by atoms with Gasteiger partial charge in [-0.3, -0.25) is 0 Å². The molecule has 1 N–H and O–H groups in total. The van der Waals surface area contributed by atoms with Crippen molar-refractivity contribution in [2.75, 3.05) is 11.9 Å². The van der Waals surface area contributed by atoms with Crippen molar-refractivity contribution in [3.63, 3.8) is 0 Å². The Bertz CT molecular complexity index is 714. The number of imidazole rings is 1. The van der Waals surface area contributed by atoms with Gasteiger partial charge in [0, 0.05) is 28.3 Å². The van der Waals surface area contributed by atoms with E-state index in [1.54, 1.807) is 24.7 Å². The molecule has 136 valence electrons. The van der Waals surface area contributed by atoms with Crippen LogP contribution in [-0.2, 0) is 21.8 Å². The molecule has 0 aliphatic carbocycles. The molecular weight excluding hydrogens is 441 g/mol. The summed E-state index contributed by atoms with van der Waals surface area (Å²) in [6.45, 7) is 0.969. The largest absolute Gasteiger partial charge is 0.342 e. The van der Waals surface area contributed by atoms with Crippen LogP contribution in [0.2, 0.25) is 10.0 Å². The minimum atomic E-state index is -1.50. The maximum absolute atomic E-state index is 8.36. The molecule has 0 amide bonds. The molecule has 1 aromatic carbocycles. The predicted molar refractivity (Wildman–Crippen MR) is 93.8 cm³/mol. The Labute approximate surface area is 161 Å². The van der Waals surface area contributed by atoms with Crippen LogP contribution in [0.15, 0.2) is 36.9 Å². The number of hydrogen-bond acceptors (Lipinski definition) is 5. The number of ether oxygens (including phenoxy) is 2. The topological polar surface area (TPSA) is 99.7 Å². The lowest BCUT2D eigenvalue weighted by atomic mass is 10.1. The van der Waals surface area contributed by atoms with E-state index in [0.29, 0.717) is 28.5 Å². The van der Waals surface area contributed by atoms with E-state index in [0.717, 1.165) is 5.56 Å². The first kappa shape index (κ1) is 19.9. The van der Waals surface area contributed by atoms with E-state index in [2.05, 4.69) is 20.9 Å². The molecule has 2 atom stereocenters. The highest BCUT2D eigenvalue weighted by molar-refractivity contribution is 9.09. The lowest BCUT2D eigenvalue weighted by Crippen LogP contribution is -2.33. The first-order valence-electron chi connectivity index (χ1n) is 6.98. The normalized spacial score (nSPS) is 22.3. The molecule has 1 saturated heterocycles. The Hall–Kier alpha value is -1.39. The zero-order valence-corrected chi connectivity index (χ0v) is 15.8. The van der Waals surface area contributed by atoms with Crippen LogP contribution < -0.4 is 0 Å². The van der Waals surface area contributed by atoms with Crippen molar-refractivity contribution in [2.45, 2.75) is 18.4 Å². The Morgan fingerprint density at radius 1 is 1.52 bits per heavy atom. The van der Waals surface area contributed by atoms with Crippen molar-refractivity contribution in [1.82, 2.24) is 9.55 Å². The molecule has 25 heavy (non-hydrogen) atoms. The lowest BCUT2D eigenvalue weighted by Gasteiger charge is -2.29. The number of halogens is 3. The molecule has 1 aliphatic heterocycles. The van der Waals surface area contributed by atoms with Crippen LogP contribution in [0.3, 0.4) is 0 Å². The Morgan fingerprint density at radius 3 is 2.76 bits per heavy atom.